The van der Waals surface area contributed by atoms with Gasteiger partial charge in [-0.3, -0.25) is 0 Å². The second kappa shape index (κ2) is 10.2. The summed E-state index contributed by atoms with van der Waals surface area (Å²) >= 11 is 0. The number of rotatable bonds is 6. The highest BCUT2D eigenvalue weighted by Gasteiger charge is 2.17. The second-order valence-corrected chi connectivity index (χ2v) is 10.6. The van der Waals surface area contributed by atoms with Crippen LogP contribution in [0.1, 0.15) is 66.8 Å². The highest BCUT2D eigenvalue weighted by Crippen LogP contribution is 2.36. The average molecular weight is 497 g/mol. The first-order valence-corrected chi connectivity index (χ1v) is 12.6. The summed E-state index contributed by atoms with van der Waals surface area (Å²) in [7, 11) is 0. The minimum atomic E-state index is 0.158. The lowest BCUT2D eigenvalue weighted by atomic mass is 9.90. The van der Waals surface area contributed by atoms with Gasteiger partial charge >= 0.3 is 0 Å². The van der Waals surface area contributed by atoms with Crippen molar-refractivity contribution < 1.29 is 20.4 Å². The first-order valence-electron chi connectivity index (χ1n) is 12.6. The van der Waals surface area contributed by atoms with Crippen LogP contribution in [0.3, 0.4) is 0 Å². The zero-order valence-corrected chi connectivity index (χ0v) is 22.5. The molecule has 192 valence electrons. The molecule has 0 fully saturated rings. The Hall–Kier alpha value is -3.92. The Morgan fingerprint density at radius 2 is 0.676 bits per heavy atom. The molecular weight excluding hydrogens is 460 g/mol. The van der Waals surface area contributed by atoms with Gasteiger partial charge < -0.3 is 20.4 Å². The van der Waals surface area contributed by atoms with Crippen molar-refractivity contribution in [1.29, 1.82) is 0 Å². The van der Waals surface area contributed by atoms with E-state index >= 15 is 0 Å². The smallest absolute Gasteiger partial charge is 0.122 e. The number of hydrogen-bond acceptors (Lipinski definition) is 4. The second-order valence-electron chi connectivity index (χ2n) is 10.6. The molecule has 4 nitrogen and oxygen atoms in total. The molecule has 4 heteroatoms. The number of aryl methyl sites for hydroxylation is 6. The molecule has 0 unspecified atom stereocenters. The van der Waals surface area contributed by atoms with E-state index in [-0.39, 0.29) is 23.0 Å². The van der Waals surface area contributed by atoms with Crippen LogP contribution in [0.15, 0.2) is 48.5 Å². The number of aromatic hydroxyl groups is 4. The summed E-state index contributed by atoms with van der Waals surface area (Å²) in [5.74, 6) is 0.901. The Bertz CT molecular complexity index is 1420. The maximum atomic E-state index is 11.4. The third-order valence-electron chi connectivity index (χ3n) is 7.06. The van der Waals surface area contributed by atoms with Gasteiger partial charge in [-0.15, -0.1) is 0 Å². The lowest BCUT2D eigenvalue weighted by Gasteiger charge is -2.17. The van der Waals surface area contributed by atoms with Crippen LogP contribution in [0.25, 0.3) is 0 Å². The first kappa shape index (κ1) is 26.2. The van der Waals surface area contributed by atoms with E-state index in [0.717, 1.165) is 55.6 Å². The monoisotopic (exact) mass is 496 g/mol. The fourth-order valence-electron chi connectivity index (χ4n) is 5.38. The first-order chi connectivity index (χ1) is 17.4. The predicted molar refractivity (Wildman–Crippen MR) is 149 cm³/mol. The molecule has 0 aromatic heterocycles. The van der Waals surface area contributed by atoms with Gasteiger partial charge in [0.1, 0.15) is 23.0 Å². The summed E-state index contributed by atoms with van der Waals surface area (Å²) in [5, 5.41) is 43.6. The fourth-order valence-corrected chi connectivity index (χ4v) is 5.38. The zero-order valence-electron chi connectivity index (χ0n) is 22.5. The lowest BCUT2D eigenvalue weighted by Crippen LogP contribution is -2.01. The molecule has 37 heavy (non-hydrogen) atoms. The van der Waals surface area contributed by atoms with Gasteiger partial charge in [-0.1, -0.05) is 65.2 Å². The third-order valence-corrected chi connectivity index (χ3v) is 7.06. The van der Waals surface area contributed by atoms with Crippen LogP contribution in [-0.4, -0.2) is 20.4 Å². The van der Waals surface area contributed by atoms with Crippen molar-refractivity contribution in [2.45, 2.75) is 60.8 Å². The van der Waals surface area contributed by atoms with E-state index in [1.165, 1.54) is 0 Å². The Balaban J connectivity index is 1.84. The van der Waals surface area contributed by atoms with Gasteiger partial charge in [0.2, 0.25) is 0 Å². The van der Waals surface area contributed by atoms with Crippen molar-refractivity contribution in [2.24, 2.45) is 0 Å². The van der Waals surface area contributed by atoms with E-state index in [1.807, 2.05) is 90.1 Å². The van der Waals surface area contributed by atoms with E-state index in [4.69, 9.17) is 0 Å². The van der Waals surface area contributed by atoms with Crippen molar-refractivity contribution in [1.82, 2.24) is 0 Å². The molecule has 0 saturated carbocycles. The van der Waals surface area contributed by atoms with Crippen LogP contribution in [0.4, 0.5) is 0 Å². The molecule has 0 spiro atoms. The molecule has 4 N–H and O–H groups in total. The molecule has 0 heterocycles. The Kier molecular flexibility index (Phi) is 7.22. The van der Waals surface area contributed by atoms with Gasteiger partial charge in [-0.25, -0.2) is 0 Å². The molecule has 0 aliphatic carbocycles. The SMILES string of the molecule is Cc1cc(C)c(O)c(Cc2cc(Cc3cc(C)cc(C)c3O)c(O)c(Cc3cc(C)cc(C)c3O)c2)c1. The quantitative estimate of drug-likeness (QED) is 0.229. The van der Waals surface area contributed by atoms with Crippen LogP contribution in [0.2, 0.25) is 0 Å². The molecule has 0 bridgehead atoms. The van der Waals surface area contributed by atoms with Gasteiger partial charge in [-0.05, 0) is 91.6 Å². The standard InChI is InChI=1S/C33H36O4/c1-18-7-21(4)30(34)25(10-18)13-24-14-28(16-26-11-19(2)8-22(5)31(26)35)33(37)29(15-24)17-27-12-20(3)9-23(6)32(27)36/h7-12,14-15,34-37H,13,16-17H2,1-6H3. The van der Waals surface area contributed by atoms with Gasteiger partial charge in [0.15, 0.2) is 0 Å². The highest BCUT2D eigenvalue weighted by molar-refractivity contribution is 5.54. The molecule has 4 rings (SSSR count). The molecular formula is C33H36O4. The topological polar surface area (TPSA) is 80.9 Å². The van der Waals surface area contributed by atoms with Crippen molar-refractivity contribution >= 4 is 0 Å². The Morgan fingerprint density at radius 1 is 0.378 bits per heavy atom. The van der Waals surface area contributed by atoms with Crippen LogP contribution < -0.4 is 0 Å². The van der Waals surface area contributed by atoms with Crippen molar-refractivity contribution in [3.63, 3.8) is 0 Å². The fraction of sp³-hybridized carbons (Fsp3) is 0.273. The van der Waals surface area contributed by atoms with E-state index in [1.54, 1.807) is 0 Å². The minimum absolute atomic E-state index is 0.158. The van der Waals surface area contributed by atoms with Gasteiger partial charge in [0.05, 0.1) is 0 Å². The van der Waals surface area contributed by atoms with Crippen LogP contribution in [0.5, 0.6) is 23.0 Å². The average Bonchev–Trinajstić information content (AvgIpc) is 2.81. The van der Waals surface area contributed by atoms with Crippen molar-refractivity contribution in [3.8, 4) is 23.0 Å². The lowest BCUT2D eigenvalue weighted by molar-refractivity contribution is 0.454. The van der Waals surface area contributed by atoms with Crippen molar-refractivity contribution in [3.05, 3.63) is 115 Å². The van der Waals surface area contributed by atoms with Crippen LogP contribution in [-0.2, 0) is 19.3 Å². The van der Waals surface area contributed by atoms with E-state index < -0.39 is 0 Å². The van der Waals surface area contributed by atoms with E-state index in [0.29, 0.717) is 30.4 Å². The van der Waals surface area contributed by atoms with Crippen LogP contribution in [0, 0.1) is 41.5 Å². The zero-order chi connectivity index (χ0) is 27.0. The van der Waals surface area contributed by atoms with Gasteiger partial charge in [0, 0.05) is 19.3 Å². The Morgan fingerprint density at radius 3 is 1.03 bits per heavy atom. The summed E-state index contributed by atoms with van der Waals surface area (Å²) in [6.45, 7) is 11.6. The number of phenolic OH excluding ortho intramolecular Hbond substituents is 4. The molecule has 0 radical (unpaired) electrons. The Labute approximate surface area is 219 Å². The molecule has 0 aliphatic rings. The maximum Gasteiger partial charge on any atom is 0.122 e. The molecule has 4 aromatic carbocycles. The summed E-state index contributed by atoms with van der Waals surface area (Å²) in [6, 6.07) is 15.6. The minimum Gasteiger partial charge on any atom is -0.507 e. The highest BCUT2D eigenvalue weighted by atomic mass is 16.3. The van der Waals surface area contributed by atoms with E-state index in [2.05, 4.69) is 0 Å². The molecule has 0 amide bonds. The third kappa shape index (κ3) is 5.59. The largest absolute Gasteiger partial charge is 0.507 e. The number of benzene rings is 4. The summed E-state index contributed by atoms with van der Waals surface area (Å²) in [6.07, 6.45) is 1.21. The summed E-state index contributed by atoms with van der Waals surface area (Å²) in [4.78, 5) is 0. The molecule has 0 aliphatic heterocycles. The predicted octanol–water partition coefficient (Wildman–Crippen LogP) is 7.13. The summed E-state index contributed by atoms with van der Waals surface area (Å²) in [5.41, 5.74) is 10.2. The number of hydrogen-bond donors (Lipinski definition) is 4. The number of phenols is 4. The maximum absolute atomic E-state index is 11.4. The normalized spacial score (nSPS) is 11.2. The molecule has 0 saturated heterocycles. The molecule has 4 aromatic rings. The van der Waals surface area contributed by atoms with E-state index in [9.17, 15) is 20.4 Å². The van der Waals surface area contributed by atoms with Gasteiger partial charge in [0.25, 0.3) is 0 Å². The van der Waals surface area contributed by atoms with Crippen molar-refractivity contribution in [2.75, 3.05) is 0 Å². The van der Waals surface area contributed by atoms with Gasteiger partial charge in [-0.2, -0.15) is 0 Å². The summed E-state index contributed by atoms with van der Waals surface area (Å²) < 4.78 is 0. The van der Waals surface area contributed by atoms with Crippen LogP contribution >= 0.6 is 0 Å². The molecule has 0 atom stereocenters.